The van der Waals surface area contributed by atoms with Gasteiger partial charge in [0.1, 0.15) is 6.10 Å². The molecule has 1 saturated heterocycles. The van der Waals surface area contributed by atoms with Crippen molar-refractivity contribution in [2.75, 3.05) is 13.1 Å². The van der Waals surface area contributed by atoms with Crippen LogP contribution in [0.1, 0.15) is 16.9 Å². The molecule has 122 valence electrons. The van der Waals surface area contributed by atoms with Crippen molar-refractivity contribution < 1.29 is 14.1 Å². The molecule has 8 heteroatoms. The lowest BCUT2D eigenvalue weighted by Gasteiger charge is -2.15. The van der Waals surface area contributed by atoms with Gasteiger partial charge in [-0.05, 0) is 11.4 Å². The van der Waals surface area contributed by atoms with Gasteiger partial charge in [0.25, 0.3) is 5.91 Å². The second kappa shape index (κ2) is 6.40. The number of hydrogen-bond acceptors (Lipinski definition) is 7. The van der Waals surface area contributed by atoms with Gasteiger partial charge in [-0.2, -0.15) is 0 Å². The Morgan fingerprint density at radius 3 is 3.17 bits per heavy atom. The summed E-state index contributed by atoms with van der Waals surface area (Å²) in [5.74, 6) is 0.935. The minimum absolute atomic E-state index is 0.0886. The van der Waals surface area contributed by atoms with Crippen molar-refractivity contribution in [3.8, 4) is 16.5 Å². The average Bonchev–Trinajstić information content (AvgIpc) is 3.36. The SMILES string of the molecule is O=C(c1cc(-c2cccs2)on1)N1CCC(Oc2cnccn2)C1. The number of rotatable bonds is 4. The van der Waals surface area contributed by atoms with Gasteiger partial charge < -0.3 is 14.2 Å². The highest BCUT2D eigenvalue weighted by Gasteiger charge is 2.30. The zero-order valence-electron chi connectivity index (χ0n) is 12.7. The van der Waals surface area contributed by atoms with Crippen molar-refractivity contribution in [2.45, 2.75) is 12.5 Å². The number of likely N-dealkylation sites (tertiary alicyclic amines) is 1. The van der Waals surface area contributed by atoms with Crippen molar-refractivity contribution in [1.82, 2.24) is 20.0 Å². The van der Waals surface area contributed by atoms with Crippen LogP contribution in [0.5, 0.6) is 5.88 Å². The van der Waals surface area contributed by atoms with E-state index >= 15 is 0 Å². The number of hydrogen-bond donors (Lipinski definition) is 0. The van der Waals surface area contributed by atoms with E-state index in [1.807, 2.05) is 17.5 Å². The normalized spacial score (nSPS) is 17.2. The van der Waals surface area contributed by atoms with E-state index in [9.17, 15) is 4.79 Å². The summed E-state index contributed by atoms with van der Waals surface area (Å²) in [5.41, 5.74) is 0.318. The van der Waals surface area contributed by atoms with Crippen molar-refractivity contribution in [1.29, 1.82) is 0 Å². The van der Waals surface area contributed by atoms with E-state index in [1.165, 1.54) is 0 Å². The largest absolute Gasteiger partial charge is 0.471 e. The fourth-order valence-corrected chi connectivity index (χ4v) is 3.27. The molecular weight excluding hydrogens is 328 g/mol. The summed E-state index contributed by atoms with van der Waals surface area (Å²) in [6.07, 6.45) is 5.39. The summed E-state index contributed by atoms with van der Waals surface area (Å²) in [6, 6.07) is 5.55. The molecule has 0 N–H and O–H groups in total. The number of carbonyl (C=O) groups excluding carboxylic acids is 1. The van der Waals surface area contributed by atoms with Gasteiger partial charge in [0.05, 0.1) is 17.6 Å². The maximum Gasteiger partial charge on any atom is 0.276 e. The van der Waals surface area contributed by atoms with Crippen LogP contribution in [-0.4, -0.2) is 45.1 Å². The molecule has 0 saturated carbocycles. The third-order valence-electron chi connectivity index (χ3n) is 3.75. The van der Waals surface area contributed by atoms with Crippen LogP contribution in [0.2, 0.25) is 0 Å². The first-order valence-corrected chi connectivity index (χ1v) is 8.40. The highest BCUT2D eigenvalue weighted by molar-refractivity contribution is 7.13. The molecule has 0 aliphatic carbocycles. The van der Waals surface area contributed by atoms with Crippen LogP contribution in [0.25, 0.3) is 10.6 Å². The standard InChI is InChI=1S/C16H14N4O3S/c21-16(12-8-13(23-19-12)14-2-1-7-24-14)20-6-3-11(10-20)22-15-9-17-4-5-18-15/h1-2,4-5,7-9,11H,3,6,10H2. The van der Waals surface area contributed by atoms with Crippen LogP contribution in [0.15, 0.2) is 46.7 Å². The Labute approximate surface area is 141 Å². The van der Waals surface area contributed by atoms with Crippen molar-refractivity contribution in [3.05, 3.63) is 47.9 Å². The molecule has 1 atom stereocenters. The maximum absolute atomic E-state index is 12.6. The summed E-state index contributed by atoms with van der Waals surface area (Å²) >= 11 is 1.54. The minimum Gasteiger partial charge on any atom is -0.471 e. The summed E-state index contributed by atoms with van der Waals surface area (Å²) in [4.78, 5) is 23.3. The predicted molar refractivity (Wildman–Crippen MR) is 86.8 cm³/mol. The summed E-state index contributed by atoms with van der Waals surface area (Å²) in [6.45, 7) is 1.11. The first kappa shape index (κ1) is 14.8. The Morgan fingerprint density at radius 2 is 2.38 bits per heavy atom. The first-order chi connectivity index (χ1) is 11.8. The molecule has 0 aromatic carbocycles. The molecule has 1 fully saturated rings. The third kappa shape index (κ3) is 3.00. The van der Waals surface area contributed by atoms with Gasteiger partial charge >= 0.3 is 0 Å². The topological polar surface area (TPSA) is 81.4 Å². The van der Waals surface area contributed by atoms with Gasteiger partial charge in [-0.25, -0.2) is 4.98 Å². The molecule has 4 rings (SSSR count). The number of aromatic nitrogens is 3. The Bertz CT molecular complexity index is 819. The number of carbonyl (C=O) groups is 1. The molecule has 4 heterocycles. The van der Waals surface area contributed by atoms with E-state index in [0.29, 0.717) is 30.4 Å². The lowest BCUT2D eigenvalue weighted by Crippen LogP contribution is -2.31. The van der Waals surface area contributed by atoms with Crippen LogP contribution in [0.4, 0.5) is 0 Å². The number of thiophene rings is 1. The second-order valence-corrected chi connectivity index (χ2v) is 6.32. The Balaban J connectivity index is 1.41. The molecule has 1 aliphatic heterocycles. The smallest absolute Gasteiger partial charge is 0.276 e. The highest BCUT2D eigenvalue weighted by Crippen LogP contribution is 2.26. The Kier molecular flexibility index (Phi) is 3.96. The second-order valence-electron chi connectivity index (χ2n) is 5.38. The van der Waals surface area contributed by atoms with Gasteiger partial charge in [-0.15, -0.1) is 11.3 Å². The molecule has 1 unspecified atom stereocenters. The molecule has 3 aromatic rings. The third-order valence-corrected chi connectivity index (χ3v) is 4.64. The summed E-state index contributed by atoms with van der Waals surface area (Å²) in [5, 5.41) is 5.86. The first-order valence-electron chi connectivity index (χ1n) is 7.52. The van der Waals surface area contributed by atoms with E-state index in [0.717, 1.165) is 11.3 Å². The highest BCUT2D eigenvalue weighted by atomic mass is 32.1. The molecule has 1 amide bonds. The summed E-state index contributed by atoms with van der Waals surface area (Å²) in [7, 11) is 0. The van der Waals surface area contributed by atoms with Crippen molar-refractivity contribution in [3.63, 3.8) is 0 Å². The zero-order chi connectivity index (χ0) is 16.4. The van der Waals surface area contributed by atoms with Gasteiger partial charge in [0.15, 0.2) is 11.5 Å². The number of nitrogens with zero attached hydrogens (tertiary/aromatic N) is 4. The minimum atomic E-state index is -0.146. The Hall–Kier alpha value is -2.74. The zero-order valence-corrected chi connectivity index (χ0v) is 13.5. The molecule has 1 aliphatic rings. The molecule has 0 spiro atoms. The van der Waals surface area contributed by atoms with Gasteiger partial charge in [-0.3, -0.25) is 9.78 Å². The number of ether oxygens (including phenoxy) is 1. The lowest BCUT2D eigenvalue weighted by molar-refractivity contribution is 0.0761. The molecule has 3 aromatic heterocycles. The van der Waals surface area contributed by atoms with Crippen molar-refractivity contribution in [2.24, 2.45) is 0 Å². The molecular formula is C16H14N4O3S. The average molecular weight is 342 g/mol. The van der Waals surface area contributed by atoms with Crippen LogP contribution in [0, 0.1) is 0 Å². The fraction of sp³-hybridized carbons (Fsp3) is 0.250. The van der Waals surface area contributed by atoms with E-state index in [1.54, 1.807) is 40.9 Å². The Morgan fingerprint density at radius 1 is 1.42 bits per heavy atom. The van der Waals surface area contributed by atoms with E-state index in [-0.39, 0.29) is 12.0 Å². The summed E-state index contributed by atoms with van der Waals surface area (Å²) < 4.78 is 11.0. The quantitative estimate of drug-likeness (QED) is 0.724. The van der Waals surface area contributed by atoms with Gasteiger partial charge in [-0.1, -0.05) is 11.2 Å². The predicted octanol–water partition coefficient (Wildman–Crippen LogP) is 2.49. The molecule has 0 bridgehead atoms. The van der Waals surface area contributed by atoms with Crippen molar-refractivity contribution >= 4 is 17.2 Å². The fourth-order valence-electron chi connectivity index (χ4n) is 2.60. The molecule has 7 nitrogen and oxygen atoms in total. The lowest BCUT2D eigenvalue weighted by atomic mass is 10.3. The van der Waals surface area contributed by atoms with Crippen LogP contribution in [0.3, 0.4) is 0 Å². The maximum atomic E-state index is 12.6. The number of amides is 1. The van der Waals surface area contributed by atoms with Gasteiger partial charge in [0, 0.05) is 31.4 Å². The van der Waals surface area contributed by atoms with E-state index in [2.05, 4.69) is 15.1 Å². The van der Waals surface area contributed by atoms with Crippen LogP contribution >= 0.6 is 11.3 Å². The molecule has 0 radical (unpaired) electrons. The van der Waals surface area contributed by atoms with Crippen LogP contribution < -0.4 is 4.74 Å². The monoisotopic (exact) mass is 342 g/mol. The van der Waals surface area contributed by atoms with Gasteiger partial charge in [0.2, 0.25) is 5.88 Å². The molecule has 24 heavy (non-hydrogen) atoms. The van der Waals surface area contributed by atoms with Crippen LogP contribution in [-0.2, 0) is 0 Å². The van der Waals surface area contributed by atoms with E-state index < -0.39 is 0 Å². The van der Waals surface area contributed by atoms with E-state index in [4.69, 9.17) is 9.26 Å².